The smallest absolute Gasteiger partial charge is 0.0897 e. The number of rotatable bonds is 4. The standard InChI is InChI=1S/C12H20N2S2/c1-9-12(4-3-7-15-9)13-6-5-11-8-16-10(2)14-11/h8-9,12-13H,3-7H2,1-2H3. The lowest BCUT2D eigenvalue weighted by Crippen LogP contribution is -2.40. The van der Waals surface area contributed by atoms with Crippen LogP contribution in [-0.4, -0.2) is 28.6 Å². The minimum absolute atomic E-state index is 0.707. The number of hydrogen-bond donors (Lipinski definition) is 1. The first-order valence-electron chi connectivity index (χ1n) is 6.01. The first-order valence-corrected chi connectivity index (χ1v) is 7.94. The van der Waals surface area contributed by atoms with Gasteiger partial charge in [0, 0.05) is 29.6 Å². The fraction of sp³-hybridized carbons (Fsp3) is 0.750. The van der Waals surface area contributed by atoms with Gasteiger partial charge in [0.2, 0.25) is 0 Å². The Kier molecular flexibility index (Phi) is 4.67. The second-order valence-electron chi connectivity index (χ2n) is 4.39. The second kappa shape index (κ2) is 6.03. The molecule has 4 heteroatoms. The highest BCUT2D eigenvalue weighted by molar-refractivity contribution is 7.99. The van der Waals surface area contributed by atoms with Gasteiger partial charge in [-0.3, -0.25) is 0 Å². The second-order valence-corrected chi connectivity index (χ2v) is 6.93. The van der Waals surface area contributed by atoms with Gasteiger partial charge in [-0.15, -0.1) is 11.3 Å². The topological polar surface area (TPSA) is 24.9 Å². The molecule has 0 spiro atoms. The molecule has 0 amide bonds. The molecule has 1 saturated heterocycles. The summed E-state index contributed by atoms with van der Waals surface area (Å²) in [7, 11) is 0. The lowest BCUT2D eigenvalue weighted by atomic mass is 10.1. The molecule has 0 bridgehead atoms. The largest absolute Gasteiger partial charge is 0.312 e. The van der Waals surface area contributed by atoms with E-state index in [4.69, 9.17) is 0 Å². The molecule has 1 N–H and O–H groups in total. The van der Waals surface area contributed by atoms with E-state index in [1.807, 2.05) is 0 Å². The van der Waals surface area contributed by atoms with Crippen molar-refractivity contribution in [1.82, 2.24) is 10.3 Å². The summed E-state index contributed by atoms with van der Waals surface area (Å²) in [6.45, 7) is 5.48. The van der Waals surface area contributed by atoms with Gasteiger partial charge in [0.15, 0.2) is 0 Å². The third-order valence-electron chi connectivity index (χ3n) is 3.06. The molecule has 2 nitrogen and oxygen atoms in total. The Morgan fingerprint density at radius 2 is 2.44 bits per heavy atom. The average molecular weight is 256 g/mol. The fourth-order valence-corrected chi connectivity index (χ4v) is 3.92. The molecule has 0 aromatic carbocycles. The predicted molar refractivity (Wildman–Crippen MR) is 73.5 cm³/mol. The Morgan fingerprint density at radius 3 is 3.12 bits per heavy atom. The first-order chi connectivity index (χ1) is 7.75. The van der Waals surface area contributed by atoms with Crippen molar-refractivity contribution >= 4 is 23.1 Å². The van der Waals surface area contributed by atoms with Crippen LogP contribution in [0.2, 0.25) is 0 Å². The molecule has 2 rings (SSSR count). The van der Waals surface area contributed by atoms with Crippen LogP contribution in [0.4, 0.5) is 0 Å². The van der Waals surface area contributed by atoms with Crippen molar-refractivity contribution in [3.63, 3.8) is 0 Å². The number of aromatic nitrogens is 1. The van der Waals surface area contributed by atoms with Crippen LogP contribution in [0.5, 0.6) is 0 Å². The van der Waals surface area contributed by atoms with E-state index >= 15 is 0 Å². The van der Waals surface area contributed by atoms with Crippen LogP contribution in [0, 0.1) is 6.92 Å². The van der Waals surface area contributed by atoms with Crippen molar-refractivity contribution in [2.75, 3.05) is 12.3 Å². The molecule has 0 radical (unpaired) electrons. The summed E-state index contributed by atoms with van der Waals surface area (Å²) in [5, 5.41) is 7.80. The molecule has 2 heterocycles. The molecule has 1 aliphatic rings. The summed E-state index contributed by atoms with van der Waals surface area (Å²) >= 11 is 3.85. The Bertz CT molecular complexity index is 325. The van der Waals surface area contributed by atoms with Gasteiger partial charge in [-0.25, -0.2) is 4.98 Å². The van der Waals surface area contributed by atoms with Crippen molar-refractivity contribution in [1.29, 1.82) is 0 Å². The molecule has 1 aromatic heterocycles. The number of aryl methyl sites for hydroxylation is 1. The molecule has 1 fully saturated rings. The minimum atomic E-state index is 0.707. The lowest BCUT2D eigenvalue weighted by Gasteiger charge is -2.29. The predicted octanol–water partition coefficient (Wildman–Crippen LogP) is 2.87. The van der Waals surface area contributed by atoms with Crippen LogP contribution in [0.15, 0.2) is 5.38 Å². The van der Waals surface area contributed by atoms with Gasteiger partial charge in [0.25, 0.3) is 0 Å². The minimum Gasteiger partial charge on any atom is -0.312 e. The van der Waals surface area contributed by atoms with E-state index in [2.05, 4.69) is 41.3 Å². The van der Waals surface area contributed by atoms with E-state index in [-0.39, 0.29) is 0 Å². The molecular formula is C12H20N2S2. The number of thiazole rings is 1. The molecule has 16 heavy (non-hydrogen) atoms. The van der Waals surface area contributed by atoms with Gasteiger partial charge in [-0.2, -0.15) is 11.8 Å². The third-order valence-corrected chi connectivity index (χ3v) is 5.26. The van der Waals surface area contributed by atoms with Gasteiger partial charge >= 0.3 is 0 Å². The van der Waals surface area contributed by atoms with Gasteiger partial charge in [0.05, 0.1) is 10.7 Å². The van der Waals surface area contributed by atoms with Gasteiger partial charge < -0.3 is 5.32 Å². The molecule has 2 unspecified atom stereocenters. The Balaban J connectivity index is 1.71. The van der Waals surface area contributed by atoms with Crippen LogP contribution in [0.1, 0.15) is 30.5 Å². The van der Waals surface area contributed by atoms with Crippen molar-refractivity contribution in [3.05, 3.63) is 16.1 Å². The Labute approximate surface area is 106 Å². The molecule has 90 valence electrons. The van der Waals surface area contributed by atoms with Crippen molar-refractivity contribution in [2.24, 2.45) is 0 Å². The summed E-state index contributed by atoms with van der Waals surface area (Å²) in [5.74, 6) is 1.34. The van der Waals surface area contributed by atoms with Crippen LogP contribution in [0.3, 0.4) is 0 Å². The zero-order valence-electron chi connectivity index (χ0n) is 10.0. The summed E-state index contributed by atoms with van der Waals surface area (Å²) in [5.41, 5.74) is 1.24. The summed E-state index contributed by atoms with van der Waals surface area (Å²) in [6.07, 6.45) is 3.77. The Hall–Kier alpha value is -0.0600. The normalized spacial score (nSPS) is 25.9. The number of nitrogens with zero attached hydrogens (tertiary/aromatic N) is 1. The maximum atomic E-state index is 4.49. The zero-order valence-corrected chi connectivity index (χ0v) is 11.7. The zero-order chi connectivity index (χ0) is 11.4. The van der Waals surface area contributed by atoms with E-state index in [1.165, 1.54) is 29.3 Å². The molecule has 1 aromatic rings. The average Bonchev–Trinajstić information content (AvgIpc) is 2.67. The maximum Gasteiger partial charge on any atom is 0.0897 e. The molecule has 2 atom stereocenters. The highest BCUT2D eigenvalue weighted by Gasteiger charge is 2.20. The van der Waals surface area contributed by atoms with Crippen LogP contribution in [-0.2, 0) is 6.42 Å². The van der Waals surface area contributed by atoms with E-state index < -0.39 is 0 Å². The Morgan fingerprint density at radius 1 is 1.56 bits per heavy atom. The van der Waals surface area contributed by atoms with E-state index in [0.29, 0.717) is 6.04 Å². The third kappa shape index (κ3) is 3.47. The van der Waals surface area contributed by atoms with Crippen molar-refractivity contribution in [3.8, 4) is 0 Å². The molecular weight excluding hydrogens is 236 g/mol. The summed E-state index contributed by atoms with van der Waals surface area (Å²) in [6, 6.07) is 0.707. The number of thioether (sulfide) groups is 1. The highest BCUT2D eigenvalue weighted by Crippen LogP contribution is 2.24. The number of hydrogen-bond acceptors (Lipinski definition) is 4. The van der Waals surface area contributed by atoms with Gasteiger partial charge in [-0.05, 0) is 25.5 Å². The van der Waals surface area contributed by atoms with Gasteiger partial charge in [0.1, 0.15) is 0 Å². The van der Waals surface area contributed by atoms with E-state index in [0.717, 1.165) is 18.2 Å². The summed E-state index contributed by atoms with van der Waals surface area (Å²) < 4.78 is 0. The monoisotopic (exact) mass is 256 g/mol. The van der Waals surface area contributed by atoms with E-state index in [1.54, 1.807) is 11.3 Å². The number of nitrogens with one attached hydrogen (secondary N) is 1. The lowest BCUT2D eigenvalue weighted by molar-refractivity contribution is 0.465. The van der Waals surface area contributed by atoms with Crippen LogP contribution >= 0.6 is 23.1 Å². The highest BCUT2D eigenvalue weighted by atomic mass is 32.2. The quantitative estimate of drug-likeness (QED) is 0.896. The fourth-order valence-electron chi connectivity index (χ4n) is 2.10. The first kappa shape index (κ1) is 12.4. The SMILES string of the molecule is Cc1nc(CCNC2CCCSC2C)cs1. The van der Waals surface area contributed by atoms with Crippen LogP contribution in [0.25, 0.3) is 0 Å². The molecule has 1 aliphatic heterocycles. The molecule has 0 saturated carbocycles. The maximum absolute atomic E-state index is 4.49. The van der Waals surface area contributed by atoms with Gasteiger partial charge in [-0.1, -0.05) is 6.92 Å². The van der Waals surface area contributed by atoms with Crippen molar-refractivity contribution in [2.45, 2.75) is 44.4 Å². The van der Waals surface area contributed by atoms with Crippen LogP contribution < -0.4 is 5.32 Å². The molecule has 0 aliphatic carbocycles. The summed E-state index contributed by atoms with van der Waals surface area (Å²) in [4.78, 5) is 4.49. The van der Waals surface area contributed by atoms with Crippen molar-refractivity contribution < 1.29 is 0 Å². The van der Waals surface area contributed by atoms with E-state index in [9.17, 15) is 0 Å².